The quantitative estimate of drug-likeness (QED) is 0.874. The van der Waals surface area contributed by atoms with Crippen LogP contribution in [0.1, 0.15) is 38.2 Å². The first-order valence-corrected chi connectivity index (χ1v) is 8.93. The molecule has 1 aromatic carbocycles. The van der Waals surface area contributed by atoms with Gasteiger partial charge >= 0.3 is 0 Å². The van der Waals surface area contributed by atoms with Gasteiger partial charge in [-0.25, -0.2) is 0 Å². The molecule has 0 saturated carbocycles. The fourth-order valence-corrected chi connectivity index (χ4v) is 4.01. The molecule has 0 spiro atoms. The van der Waals surface area contributed by atoms with Gasteiger partial charge in [-0.1, -0.05) is 30.3 Å². The molecule has 126 valence electrons. The highest BCUT2D eigenvalue weighted by molar-refractivity contribution is 5.78. The van der Waals surface area contributed by atoms with Crippen LogP contribution in [0.15, 0.2) is 30.3 Å². The zero-order chi connectivity index (χ0) is 16.2. The summed E-state index contributed by atoms with van der Waals surface area (Å²) in [6, 6.07) is 12.1. The van der Waals surface area contributed by atoms with Gasteiger partial charge in [-0.15, -0.1) is 0 Å². The lowest BCUT2D eigenvalue weighted by Gasteiger charge is -2.36. The monoisotopic (exact) mass is 315 g/mol. The highest BCUT2D eigenvalue weighted by Crippen LogP contribution is 2.29. The first-order valence-electron chi connectivity index (χ1n) is 8.93. The normalized spacial score (nSPS) is 26.5. The number of piperidine rings is 1. The zero-order valence-electron chi connectivity index (χ0n) is 14.4. The molecule has 2 atom stereocenters. The minimum Gasteiger partial charge on any atom is -0.338 e. The number of hydrogen-bond acceptors (Lipinski definition) is 3. The summed E-state index contributed by atoms with van der Waals surface area (Å²) in [6.07, 6.45) is 4.98. The molecule has 2 unspecified atom stereocenters. The second kappa shape index (κ2) is 7.45. The molecule has 23 heavy (non-hydrogen) atoms. The van der Waals surface area contributed by atoms with Gasteiger partial charge in [0.1, 0.15) is 0 Å². The van der Waals surface area contributed by atoms with Gasteiger partial charge in [0.15, 0.2) is 0 Å². The van der Waals surface area contributed by atoms with Gasteiger partial charge < -0.3 is 10.2 Å². The Kier molecular flexibility index (Phi) is 5.34. The van der Waals surface area contributed by atoms with E-state index in [2.05, 4.69) is 36.3 Å². The lowest BCUT2D eigenvalue weighted by atomic mass is 9.98. The molecule has 0 radical (unpaired) electrons. The lowest BCUT2D eigenvalue weighted by Crippen LogP contribution is -2.49. The number of carbonyl (C=O) groups is 1. The molecule has 2 bridgehead atoms. The Labute approximate surface area is 139 Å². The molecule has 1 amide bonds. The molecule has 2 heterocycles. The molecule has 2 aliphatic rings. The van der Waals surface area contributed by atoms with Crippen molar-refractivity contribution in [2.45, 2.75) is 57.3 Å². The Bertz CT molecular complexity index is 507. The molecular weight excluding hydrogens is 286 g/mol. The Morgan fingerprint density at radius 2 is 1.83 bits per heavy atom. The molecule has 0 aliphatic carbocycles. The van der Waals surface area contributed by atoms with Crippen LogP contribution in [0, 0.1) is 0 Å². The summed E-state index contributed by atoms with van der Waals surface area (Å²) in [5.74, 6) is 0.240. The van der Waals surface area contributed by atoms with Crippen molar-refractivity contribution in [3.05, 3.63) is 35.9 Å². The second-order valence-electron chi connectivity index (χ2n) is 7.07. The topological polar surface area (TPSA) is 35.6 Å². The minimum absolute atomic E-state index is 0.240. The number of nitrogens with zero attached hydrogens (tertiary/aromatic N) is 2. The maximum atomic E-state index is 12.7. The molecule has 2 fully saturated rings. The van der Waals surface area contributed by atoms with E-state index in [0.29, 0.717) is 31.2 Å². The van der Waals surface area contributed by atoms with Gasteiger partial charge in [0.25, 0.3) is 0 Å². The predicted octanol–water partition coefficient (Wildman–Crippen LogP) is 2.25. The van der Waals surface area contributed by atoms with Crippen LogP contribution in [0.25, 0.3) is 0 Å². The van der Waals surface area contributed by atoms with Crippen LogP contribution < -0.4 is 5.32 Å². The van der Waals surface area contributed by atoms with E-state index in [1.165, 1.54) is 31.2 Å². The maximum absolute atomic E-state index is 12.7. The molecule has 1 aromatic rings. The van der Waals surface area contributed by atoms with E-state index in [4.69, 9.17) is 0 Å². The van der Waals surface area contributed by atoms with Gasteiger partial charge in [-0.05, 0) is 45.2 Å². The van der Waals surface area contributed by atoms with Crippen LogP contribution in [-0.4, -0.2) is 54.0 Å². The summed E-state index contributed by atoms with van der Waals surface area (Å²) >= 11 is 0. The molecule has 1 N–H and O–H groups in total. The summed E-state index contributed by atoms with van der Waals surface area (Å²) in [6.45, 7) is 4.07. The third kappa shape index (κ3) is 4.12. The maximum Gasteiger partial charge on any atom is 0.237 e. The smallest absolute Gasteiger partial charge is 0.237 e. The average molecular weight is 315 g/mol. The minimum atomic E-state index is 0.240. The Hall–Kier alpha value is -1.39. The third-order valence-corrected chi connectivity index (χ3v) is 5.41. The summed E-state index contributed by atoms with van der Waals surface area (Å²) in [5.41, 5.74) is 1.20. The van der Waals surface area contributed by atoms with Gasteiger partial charge in [0, 0.05) is 31.2 Å². The van der Waals surface area contributed by atoms with Crippen LogP contribution in [0.4, 0.5) is 0 Å². The third-order valence-electron chi connectivity index (χ3n) is 5.41. The number of benzene rings is 1. The van der Waals surface area contributed by atoms with Crippen LogP contribution in [0.2, 0.25) is 0 Å². The highest BCUT2D eigenvalue weighted by atomic mass is 16.2. The van der Waals surface area contributed by atoms with Gasteiger partial charge in [0.05, 0.1) is 6.54 Å². The number of rotatable bonds is 6. The van der Waals surface area contributed by atoms with Crippen molar-refractivity contribution >= 4 is 5.91 Å². The van der Waals surface area contributed by atoms with Crippen molar-refractivity contribution in [2.75, 3.05) is 20.1 Å². The summed E-state index contributed by atoms with van der Waals surface area (Å²) in [7, 11) is 2.11. The SMILES string of the molecule is CCN(Cc1ccccc1)C(=O)CN(C)C1CC2CCC(C1)N2. The number of likely N-dealkylation sites (N-methyl/N-ethyl adjacent to an activating group) is 2. The fourth-order valence-electron chi connectivity index (χ4n) is 4.01. The molecule has 3 rings (SSSR count). The lowest BCUT2D eigenvalue weighted by molar-refractivity contribution is -0.133. The molecular formula is C19H29N3O. The number of amides is 1. The summed E-state index contributed by atoms with van der Waals surface area (Å²) in [4.78, 5) is 16.9. The molecule has 2 saturated heterocycles. The van der Waals surface area contributed by atoms with Crippen molar-refractivity contribution < 1.29 is 4.79 Å². The standard InChI is InChI=1S/C19H29N3O/c1-3-22(13-15-7-5-4-6-8-15)19(23)14-21(2)18-11-16-9-10-17(12-18)20-16/h4-8,16-18,20H,3,9-14H2,1-2H3. The van der Waals surface area contributed by atoms with Crippen molar-refractivity contribution in [2.24, 2.45) is 0 Å². The van der Waals surface area contributed by atoms with Crippen molar-refractivity contribution in [1.29, 1.82) is 0 Å². The predicted molar refractivity (Wildman–Crippen MR) is 93.1 cm³/mol. The molecule has 0 aromatic heterocycles. The van der Waals surface area contributed by atoms with E-state index in [0.717, 1.165) is 6.54 Å². The fraction of sp³-hybridized carbons (Fsp3) is 0.632. The Morgan fingerprint density at radius 3 is 2.43 bits per heavy atom. The molecule has 4 heteroatoms. The first kappa shape index (κ1) is 16.5. The average Bonchev–Trinajstić information content (AvgIpc) is 2.91. The second-order valence-corrected chi connectivity index (χ2v) is 7.07. The summed E-state index contributed by atoms with van der Waals surface area (Å²) in [5, 5.41) is 3.67. The van der Waals surface area contributed by atoms with E-state index in [1.54, 1.807) is 0 Å². The molecule has 2 aliphatic heterocycles. The zero-order valence-corrected chi connectivity index (χ0v) is 14.4. The number of carbonyl (C=O) groups excluding carboxylic acids is 1. The molecule has 4 nitrogen and oxygen atoms in total. The van der Waals surface area contributed by atoms with Crippen LogP contribution in [-0.2, 0) is 11.3 Å². The Balaban J connectivity index is 1.54. The van der Waals surface area contributed by atoms with Crippen molar-refractivity contribution in [1.82, 2.24) is 15.1 Å². The van der Waals surface area contributed by atoms with Crippen molar-refractivity contribution in [3.8, 4) is 0 Å². The summed E-state index contributed by atoms with van der Waals surface area (Å²) < 4.78 is 0. The number of hydrogen-bond donors (Lipinski definition) is 1. The van der Waals surface area contributed by atoms with Crippen LogP contribution in [0.3, 0.4) is 0 Å². The first-order chi connectivity index (χ1) is 11.2. The van der Waals surface area contributed by atoms with Gasteiger partial charge in [0.2, 0.25) is 5.91 Å². The van der Waals surface area contributed by atoms with Crippen molar-refractivity contribution in [3.63, 3.8) is 0 Å². The van der Waals surface area contributed by atoms with E-state index in [-0.39, 0.29) is 5.91 Å². The van der Waals surface area contributed by atoms with Gasteiger partial charge in [-0.3, -0.25) is 9.69 Å². The van der Waals surface area contributed by atoms with E-state index >= 15 is 0 Å². The van der Waals surface area contributed by atoms with Crippen LogP contribution >= 0.6 is 0 Å². The number of nitrogens with one attached hydrogen (secondary N) is 1. The number of fused-ring (bicyclic) bond motifs is 2. The van der Waals surface area contributed by atoms with E-state index in [1.807, 2.05) is 23.1 Å². The van der Waals surface area contributed by atoms with E-state index < -0.39 is 0 Å². The Morgan fingerprint density at radius 1 is 1.17 bits per heavy atom. The highest BCUT2D eigenvalue weighted by Gasteiger charge is 2.35. The van der Waals surface area contributed by atoms with Gasteiger partial charge in [-0.2, -0.15) is 0 Å². The van der Waals surface area contributed by atoms with Crippen LogP contribution in [0.5, 0.6) is 0 Å². The largest absolute Gasteiger partial charge is 0.338 e. The van der Waals surface area contributed by atoms with E-state index in [9.17, 15) is 4.79 Å².